The van der Waals surface area contributed by atoms with E-state index in [4.69, 9.17) is 4.74 Å². The molecule has 29 heavy (non-hydrogen) atoms. The topological polar surface area (TPSA) is 80.7 Å². The first-order valence-electron chi connectivity index (χ1n) is 8.62. The van der Waals surface area contributed by atoms with Crippen molar-refractivity contribution < 1.29 is 28.2 Å². The summed E-state index contributed by atoms with van der Waals surface area (Å²) in [6.45, 7) is -2.59. The van der Waals surface area contributed by atoms with Crippen molar-refractivity contribution in [1.82, 2.24) is 10.3 Å². The van der Waals surface area contributed by atoms with E-state index in [9.17, 15) is 18.7 Å². The molecule has 0 aliphatic rings. The lowest BCUT2D eigenvalue weighted by molar-refractivity contribution is -0.0498. The standard InChI is InChI=1S/C20H18F2N2O4S/c21-20(22)28-17-7-1-13(2-8-17)18(25)9-23-19(26)14-3-5-16(6-4-14)27-10-15-11-29-12-24-15/h1-8,11-12,18,20,25H,9-10H2,(H,23,26). The predicted molar refractivity (Wildman–Crippen MR) is 103 cm³/mol. The van der Waals surface area contributed by atoms with Crippen molar-refractivity contribution in [1.29, 1.82) is 0 Å². The number of aromatic nitrogens is 1. The number of hydrogen-bond donors (Lipinski definition) is 2. The molecule has 152 valence electrons. The Hall–Kier alpha value is -3.04. The van der Waals surface area contributed by atoms with E-state index in [1.54, 1.807) is 29.8 Å². The Morgan fingerprint density at radius 2 is 1.79 bits per heavy atom. The summed E-state index contributed by atoms with van der Waals surface area (Å²) in [6, 6.07) is 12.2. The average Bonchev–Trinajstić information content (AvgIpc) is 3.24. The fourth-order valence-corrected chi connectivity index (χ4v) is 2.99. The van der Waals surface area contributed by atoms with Gasteiger partial charge < -0.3 is 19.9 Å². The quantitative estimate of drug-likeness (QED) is 0.551. The summed E-state index contributed by atoms with van der Waals surface area (Å²) in [5.74, 6) is 0.255. The molecule has 1 atom stereocenters. The van der Waals surface area contributed by atoms with Gasteiger partial charge in [0, 0.05) is 17.5 Å². The first-order chi connectivity index (χ1) is 14.0. The molecule has 3 aromatic rings. The van der Waals surface area contributed by atoms with Crippen molar-refractivity contribution in [2.45, 2.75) is 19.3 Å². The Morgan fingerprint density at radius 1 is 1.10 bits per heavy atom. The zero-order valence-electron chi connectivity index (χ0n) is 15.1. The van der Waals surface area contributed by atoms with Crippen LogP contribution in [-0.4, -0.2) is 29.2 Å². The summed E-state index contributed by atoms with van der Waals surface area (Å²) in [7, 11) is 0. The van der Waals surface area contributed by atoms with Crippen LogP contribution in [0.1, 0.15) is 27.7 Å². The van der Waals surface area contributed by atoms with Crippen molar-refractivity contribution in [3.63, 3.8) is 0 Å². The first kappa shape index (κ1) is 20.7. The maximum atomic E-state index is 12.2. The lowest BCUT2D eigenvalue weighted by atomic mass is 10.1. The minimum atomic E-state index is -2.91. The van der Waals surface area contributed by atoms with Crippen molar-refractivity contribution >= 4 is 17.2 Å². The second kappa shape index (κ2) is 9.94. The third-order valence-electron chi connectivity index (χ3n) is 3.93. The number of ether oxygens (including phenoxy) is 2. The van der Waals surface area contributed by atoms with Crippen LogP contribution in [0.15, 0.2) is 59.4 Å². The van der Waals surface area contributed by atoms with Crippen LogP contribution < -0.4 is 14.8 Å². The summed E-state index contributed by atoms with van der Waals surface area (Å²) >= 11 is 1.49. The molecule has 0 radical (unpaired) electrons. The van der Waals surface area contributed by atoms with Gasteiger partial charge in [-0.25, -0.2) is 4.98 Å². The van der Waals surface area contributed by atoms with E-state index in [1.807, 2.05) is 5.38 Å². The summed E-state index contributed by atoms with van der Waals surface area (Å²) in [4.78, 5) is 16.4. The molecule has 1 aromatic heterocycles. The molecule has 0 fully saturated rings. The summed E-state index contributed by atoms with van der Waals surface area (Å²) in [5, 5.41) is 14.7. The number of thiazole rings is 1. The van der Waals surface area contributed by atoms with Crippen molar-refractivity contribution in [3.8, 4) is 11.5 Å². The number of carbonyl (C=O) groups is 1. The number of carbonyl (C=O) groups excluding carboxylic acids is 1. The largest absolute Gasteiger partial charge is 0.487 e. The van der Waals surface area contributed by atoms with E-state index in [-0.39, 0.29) is 18.2 Å². The third kappa shape index (κ3) is 6.23. The third-order valence-corrected chi connectivity index (χ3v) is 4.57. The molecular formula is C20H18F2N2O4S. The number of halogens is 2. The molecule has 0 bridgehead atoms. The Kier molecular flexibility index (Phi) is 7.09. The van der Waals surface area contributed by atoms with Crippen LogP contribution in [0.2, 0.25) is 0 Å². The van der Waals surface area contributed by atoms with Crippen LogP contribution in [0.4, 0.5) is 8.78 Å². The maximum Gasteiger partial charge on any atom is 0.387 e. The molecular weight excluding hydrogens is 402 g/mol. The molecule has 0 aliphatic carbocycles. The number of alkyl halides is 2. The lowest BCUT2D eigenvalue weighted by Gasteiger charge is -2.13. The molecule has 1 unspecified atom stereocenters. The van der Waals surface area contributed by atoms with Gasteiger partial charge in [-0.15, -0.1) is 11.3 Å². The van der Waals surface area contributed by atoms with Gasteiger partial charge in [0.2, 0.25) is 0 Å². The fourth-order valence-electron chi connectivity index (χ4n) is 2.45. The number of aliphatic hydroxyl groups is 1. The van der Waals surface area contributed by atoms with E-state index in [0.29, 0.717) is 23.5 Å². The highest BCUT2D eigenvalue weighted by Gasteiger charge is 2.12. The molecule has 2 N–H and O–H groups in total. The number of rotatable bonds is 9. The molecule has 0 saturated carbocycles. The highest BCUT2D eigenvalue weighted by molar-refractivity contribution is 7.07. The lowest BCUT2D eigenvalue weighted by Crippen LogP contribution is -2.28. The van der Waals surface area contributed by atoms with E-state index < -0.39 is 12.7 Å². The molecule has 9 heteroatoms. The van der Waals surface area contributed by atoms with Gasteiger partial charge in [-0.05, 0) is 42.0 Å². The minimum Gasteiger partial charge on any atom is -0.487 e. The van der Waals surface area contributed by atoms with Crippen molar-refractivity contribution in [2.24, 2.45) is 0 Å². The van der Waals surface area contributed by atoms with Crippen LogP contribution >= 0.6 is 11.3 Å². The van der Waals surface area contributed by atoms with Crippen LogP contribution in [-0.2, 0) is 6.61 Å². The monoisotopic (exact) mass is 420 g/mol. The summed E-state index contributed by atoms with van der Waals surface area (Å²) < 4.78 is 34.2. The van der Waals surface area contributed by atoms with E-state index >= 15 is 0 Å². The summed E-state index contributed by atoms with van der Waals surface area (Å²) in [6.07, 6.45) is -0.986. The molecule has 1 heterocycles. The van der Waals surface area contributed by atoms with E-state index in [0.717, 1.165) is 5.69 Å². The zero-order chi connectivity index (χ0) is 20.6. The second-order valence-electron chi connectivity index (χ2n) is 5.97. The van der Waals surface area contributed by atoms with E-state index in [1.165, 1.54) is 35.6 Å². The van der Waals surface area contributed by atoms with Crippen molar-refractivity contribution in [3.05, 3.63) is 76.2 Å². The molecule has 3 rings (SSSR count). The molecule has 0 aliphatic heterocycles. The number of hydrogen-bond acceptors (Lipinski definition) is 6. The van der Waals surface area contributed by atoms with E-state index in [2.05, 4.69) is 15.0 Å². The maximum absolute atomic E-state index is 12.2. The minimum absolute atomic E-state index is 0.00271. The molecule has 0 saturated heterocycles. The van der Waals surface area contributed by atoms with Gasteiger partial charge in [0.1, 0.15) is 18.1 Å². The first-order valence-corrected chi connectivity index (χ1v) is 9.56. The Bertz CT molecular complexity index is 903. The number of nitrogens with one attached hydrogen (secondary N) is 1. The van der Waals surface area contributed by atoms with Crippen molar-refractivity contribution in [2.75, 3.05) is 6.54 Å². The fraction of sp³-hybridized carbons (Fsp3) is 0.200. The van der Waals surface area contributed by atoms with Gasteiger partial charge in [-0.2, -0.15) is 8.78 Å². The van der Waals surface area contributed by atoms with Gasteiger partial charge in [0.25, 0.3) is 5.91 Å². The van der Waals surface area contributed by atoms with Gasteiger partial charge in [0.05, 0.1) is 17.3 Å². The van der Waals surface area contributed by atoms with Crippen LogP contribution in [0.25, 0.3) is 0 Å². The SMILES string of the molecule is O=C(NCC(O)c1ccc(OC(F)F)cc1)c1ccc(OCc2cscn2)cc1. The Balaban J connectivity index is 1.48. The Morgan fingerprint density at radius 3 is 2.41 bits per heavy atom. The van der Waals surface area contributed by atoms with Gasteiger partial charge in [-0.1, -0.05) is 12.1 Å². The molecule has 6 nitrogen and oxygen atoms in total. The van der Waals surface area contributed by atoms with Crippen LogP contribution in [0, 0.1) is 0 Å². The number of benzene rings is 2. The zero-order valence-corrected chi connectivity index (χ0v) is 15.9. The van der Waals surface area contributed by atoms with Gasteiger partial charge in [0.15, 0.2) is 0 Å². The number of nitrogens with zero attached hydrogens (tertiary/aromatic N) is 1. The van der Waals surface area contributed by atoms with Crippen LogP contribution in [0.5, 0.6) is 11.5 Å². The van der Waals surface area contributed by atoms with Crippen LogP contribution in [0.3, 0.4) is 0 Å². The number of aliphatic hydroxyl groups excluding tert-OH is 1. The van der Waals surface area contributed by atoms with Gasteiger partial charge >= 0.3 is 6.61 Å². The predicted octanol–water partition coefficient (Wildman–Crippen LogP) is 3.79. The second-order valence-corrected chi connectivity index (χ2v) is 6.68. The molecule has 2 aromatic carbocycles. The highest BCUT2D eigenvalue weighted by Crippen LogP contribution is 2.19. The molecule has 1 amide bonds. The smallest absolute Gasteiger partial charge is 0.387 e. The normalized spacial score (nSPS) is 11.9. The Labute approximate surface area is 169 Å². The van der Waals surface area contributed by atoms with Gasteiger partial charge in [-0.3, -0.25) is 4.79 Å². The summed E-state index contributed by atoms with van der Waals surface area (Å²) in [5.41, 5.74) is 3.45. The number of amides is 1. The average molecular weight is 420 g/mol. The highest BCUT2D eigenvalue weighted by atomic mass is 32.1. The molecule has 0 spiro atoms.